The van der Waals surface area contributed by atoms with Crippen LogP contribution in [0.1, 0.15) is 44.7 Å². The Morgan fingerprint density at radius 2 is 1.80 bits per heavy atom. The van der Waals surface area contributed by atoms with Gasteiger partial charge in [0.05, 0.1) is 11.7 Å². The molecule has 0 unspecified atom stereocenters. The maximum absolute atomic E-state index is 13.1. The molecule has 2 nitrogen and oxygen atoms in total. The second-order valence-electron chi connectivity index (χ2n) is 4.66. The number of nitrogens with one attached hydrogen (secondary N) is 1. The molecule has 0 aliphatic rings. The van der Waals surface area contributed by atoms with E-state index in [1.165, 1.54) is 12.1 Å². The number of halogens is 3. The summed E-state index contributed by atoms with van der Waals surface area (Å²) < 4.78 is 44.8. The Labute approximate surface area is 118 Å². The van der Waals surface area contributed by atoms with E-state index >= 15 is 0 Å². The van der Waals surface area contributed by atoms with Crippen LogP contribution in [0.25, 0.3) is 0 Å². The summed E-state index contributed by atoms with van der Waals surface area (Å²) >= 11 is 0. The lowest BCUT2D eigenvalue weighted by molar-refractivity contribution is -0.139. The summed E-state index contributed by atoms with van der Waals surface area (Å²) in [6.45, 7) is 6.86. The van der Waals surface area contributed by atoms with Gasteiger partial charge in [-0.15, -0.1) is 0 Å². The maximum Gasteiger partial charge on any atom is 0.419 e. The number of hydrogen-bond donors (Lipinski definition) is 1. The van der Waals surface area contributed by atoms with Crippen LogP contribution in [0.15, 0.2) is 18.2 Å². The van der Waals surface area contributed by atoms with Gasteiger partial charge in [0.2, 0.25) is 0 Å². The van der Waals surface area contributed by atoms with Gasteiger partial charge in [-0.25, -0.2) is 0 Å². The molecule has 0 radical (unpaired) electrons. The molecule has 1 N–H and O–H groups in total. The fourth-order valence-electron chi connectivity index (χ4n) is 1.92. The minimum Gasteiger partial charge on any atom is -0.490 e. The molecule has 20 heavy (non-hydrogen) atoms. The number of alkyl halides is 3. The molecule has 0 amide bonds. The summed E-state index contributed by atoms with van der Waals surface area (Å²) in [4.78, 5) is 0. The van der Waals surface area contributed by atoms with Crippen molar-refractivity contribution in [3.63, 3.8) is 0 Å². The van der Waals surface area contributed by atoms with Crippen LogP contribution in [0.4, 0.5) is 13.2 Å². The Morgan fingerprint density at radius 3 is 2.30 bits per heavy atom. The molecule has 0 saturated heterocycles. The third-order valence-electron chi connectivity index (χ3n) is 3.13. The molecule has 0 aliphatic heterocycles. The van der Waals surface area contributed by atoms with Gasteiger partial charge >= 0.3 is 6.18 Å². The summed E-state index contributed by atoms with van der Waals surface area (Å²) in [5, 5.41) is 3.02. The number of benzene rings is 1. The van der Waals surface area contributed by atoms with Crippen molar-refractivity contribution in [2.45, 2.75) is 52.4 Å². The SMILES string of the molecule is CCNCc1ccc(OC(CC)CC)c(C(F)(F)F)c1. The Hall–Kier alpha value is -1.23. The highest BCUT2D eigenvalue weighted by atomic mass is 19.4. The van der Waals surface area contributed by atoms with E-state index in [4.69, 9.17) is 4.74 Å². The topological polar surface area (TPSA) is 21.3 Å². The van der Waals surface area contributed by atoms with Crippen molar-refractivity contribution in [2.24, 2.45) is 0 Å². The first kappa shape index (κ1) is 16.8. The highest BCUT2D eigenvalue weighted by molar-refractivity contribution is 5.39. The van der Waals surface area contributed by atoms with E-state index in [1.807, 2.05) is 20.8 Å². The average Bonchev–Trinajstić information content (AvgIpc) is 2.42. The van der Waals surface area contributed by atoms with Crippen LogP contribution in [0.2, 0.25) is 0 Å². The van der Waals surface area contributed by atoms with Crippen LogP contribution in [0.5, 0.6) is 5.75 Å². The molecule has 1 rings (SSSR count). The minimum absolute atomic E-state index is 0.0774. The highest BCUT2D eigenvalue weighted by Crippen LogP contribution is 2.37. The van der Waals surface area contributed by atoms with Gasteiger partial charge in [-0.2, -0.15) is 13.2 Å². The zero-order valence-corrected chi connectivity index (χ0v) is 12.2. The van der Waals surface area contributed by atoms with E-state index < -0.39 is 11.7 Å². The molecule has 0 heterocycles. The van der Waals surface area contributed by atoms with E-state index in [0.29, 0.717) is 31.5 Å². The van der Waals surface area contributed by atoms with Gasteiger partial charge in [0.15, 0.2) is 0 Å². The van der Waals surface area contributed by atoms with Crippen LogP contribution in [-0.2, 0) is 12.7 Å². The van der Waals surface area contributed by atoms with Crippen LogP contribution >= 0.6 is 0 Å². The summed E-state index contributed by atoms with van der Waals surface area (Å²) in [6.07, 6.45) is -3.21. The summed E-state index contributed by atoms with van der Waals surface area (Å²) in [5.74, 6) is -0.0774. The monoisotopic (exact) mass is 289 g/mol. The first-order chi connectivity index (χ1) is 9.42. The van der Waals surface area contributed by atoms with Crippen molar-refractivity contribution in [2.75, 3.05) is 6.54 Å². The molecule has 0 saturated carbocycles. The third-order valence-corrected chi connectivity index (χ3v) is 3.13. The molecule has 0 atom stereocenters. The lowest BCUT2D eigenvalue weighted by Crippen LogP contribution is -2.18. The lowest BCUT2D eigenvalue weighted by Gasteiger charge is -2.20. The molecule has 5 heteroatoms. The number of ether oxygens (including phenoxy) is 1. The molecule has 0 aromatic heterocycles. The van der Waals surface area contributed by atoms with E-state index in [1.54, 1.807) is 6.07 Å². The zero-order chi connectivity index (χ0) is 15.2. The Bertz CT molecular complexity index is 414. The van der Waals surface area contributed by atoms with Crippen molar-refractivity contribution in [1.82, 2.24) is 5.32 Å². The summed E-state index contributed by atoms with van der Waals surface area (Å²) in [6, 6.07) is 4.27. The molecule has 0 spiro atoms. The van der Waals surface area contributed by atoms with E-state index in [0.717, 1.165) is 0 Å². The zero-order valence-electron chi connectivity index (χ0n) is 12.2. The normalized spacial score (nSPS) is 11.9. The molecule has 114 valence electrons. The fourth-order valence-corrected chi connectivity index (χ4v) is 1.92. The first-order valence-corrected chi connectivity index (χ1v) is 6.99. The van der Waals surface area contributed by atoms with Crippen molar-refractivity contribution in [3.8, 4) is 5.75 Å². The second-order valence-corrected chi connectivity index (χ2v) is 4.66. The second kappa shape index (κ2) is 7.53. The van der Waals surface area contributed by atoms with Gasteiger partial charge < -0.3 is 10.1 Å². The standard InChI is InChI=1S/C15H22F3NO/c1-4-12(5-2)20-14-8-7-11(10-19-6-3)9-13(14)15(16,17)18/h7-9,12,19H,4-6,10H2,1-3H3. The van der Waals surface area contributed by atoms with Gasteiger partial charge in [-0.1, -0.05) is 26.8 Å². The smallest absolute Gasteiger partial charge is 0.419 e. The maximum atomic E-state index is 13.1. The van der Waals surface area contributed by atoms with Gasteiger partial charge in [-0.05, 0) is 37.1 Å². The third kappa shape index (κ3) is 4.71. The van der Waals surface area contributed by atoms with Gasteiger partial charge in [0, 0.05) is 6.54 Å². The van der Waals surface area contributed by atoms with Crippen molar-refractivity contribution >= 4 is 0 Å². The van der Waals surface area contributed by atoms with E-state index in [9.17, 15) is 13.2 Å². The molecule has 0 aliphatic carbocycles. The Morgan fingerprint density at radius 1 is 1.15 bits per heavy atom. The van der Waals surface area contributed by atoms with Crippen LogP contribution in [0.3, 0.4) is 0 Å². The number of hydrogen-bond acceptors (Lipinski definition) is 2. The molecular weight excluding hydrogens is 267 g/mol. The molecule has 0 fully saturated rings. The molecule has 0 bridgehead atoms. The van der Waals surface area contributed by atoms with E-state index in [2.05, 4.69) is 5.32 Å². The van der Waals surface area contributed by atoms with Crippen LogP contribution in [-0.4, -0.2) is 12.6 Å². The van der Waals surface area contributed by atoms with Gasteiger partial charge in [-0.3, -0.25) is 0 Å². The predicted molar refractivity (Wildman–Crippen MR) is 73.8 cm³/mol. The summed E-state index contributed by atoms with van der Waals surface area (Å²) in [5.41, 5.74) is -0.0872. The van der Waals surface area contributed by atoms with Crippen LogP contribution in [0, 0.1) is 0 Å². The van der Waals surface area contributed by atoms with Gasteiger partial charge in [0.25, 0.3) is 0 Å². The highest BCUT2D eigenvalue weighted by Gasteiger charge is 2.35. The summed E-state index contributed by atoms with van der Waals surface area (Å²) in [7, 11) is 0. The minimum atomic E-state index is -4.40. The quantitative estimate of drug-likeness (QED) is 0.804. The fraction of sp³-hybridized carbons (Fsp3) is 0.600. The van der Waals surface area contributed by atoms with E-state index in [-0.39, 0.29) is 11.9 Å². The Kier molecular flexibility index (Phi) is 6.33. The number of rotatable bonds is 7. The largest absolute Gasteiger partial charge is 0.490 e. The lowest BCUT2D eigenvalue weighted by atomic mass is 10.1. The molecule has 1 aromatic rings. The first-order valence-electron chi connectivity index (χ1n) is 6.99. The van der Waals surface area contributed by atoms with Crippen LogP contribution < -0.4 is 10.1 Å². The molecular formula is C15H22F3NO. The molecule has 1 aromatic carbocycles. The van der Waals surface area contributed by atoms with Gasteiger partial charge in [0.1, 0.15) is 5.75 Å². The predicted octanol–water partition coefficient (Wildman–Crippen LogP) is 4.38. The van der Waals surface area contributed by atoms with Crippen molar-refractivity contribution in [1.29, 1.82) is 0 Å². The van der Waals surface area contributed by atoms with Crippen molar-refractivity contribution in [3.05, 3.63) is 29.3 Å². The Balaban J connectivity index is 3.04. The average molecular weight is 289 g/mol. The van der Waals surface area contributed by atoms with Crippen molar-refractivity contribution < 1.29 is 17.9 Å².